The van der Waals surface area contributed by atoms with Gasteiger partial charge in [-0.1, -0.05) is 23.7 Å². The topological polar surface area (TPSA) is 88.4 Å². The number of para-hydroxylation sites is 1. The van der Waals surface area contributed by atoms with E-state index in [9.17, 15) is 19.3 Å². The fraction of sp³-hybridized carbons (Fsp3) is 0.200. The van der Waals surface area contributed by atoms with Crippen molar-refractivity contribution in [3.05, 3.63) is 57.5 Å². The van der Waals surface area contributed by atoms with Gasteiger partial charge in [0.15, 0.2) is 0 Å². The van der Waals surface area contributed by atoms with Crippen molar-refractivity contribution in [1.82, 2.24) is 4.98 Å². The molecule has 1 unspecified atom stereocenters. The van der Waals surface area contributed by atoms with Crippen molar-refractivity contribution in [3.8, 4) is 0 Å². The summed E-state index contributed by atoms with van der Waals surface area (Å²) in [6.07, 6.45) is 1.49. The van der Waals surface area contributed by atoms with Gasteiger partial charge in [-0.3, -0.25) is 14.9 Å². The van der Waals surface area contributed by atoms with Crippen LogP contribution >= 0.6 is 11.6 Å². The van der Waals surface area contributed by atoms with Gasteiger partial charge in [0.2, 0.25) is 5.91 Å². The minimum absolute atomic E-state index is 0.0429. The SMILES string of the molecule is O=C1C(Nc2ncc([N+](=O)[O-])cc2Cl)CCN1c1ccccc1F. The molecule has 1 aliphatic heterocycles. The number of anilines is 2. The lowest BCUT2D eigenvalue weighted by atomic mass is 10.2. The Kier molecular flexibility index (Phi) is 4.30. The molecule has 3 rings (SSSR count). The third kappa shape index (κ3) is 3.00. The number of nitro groups is 1. The van der Waals surface area contributed by atoms with Gasteiger partial charge >= 0.3 is 0 Å². The lowest BCUT2D eigenvalue weighted by Gasteiger charge is -2.18. The number of rotatable bonds is 4. The molecule has 0 bridgehead atoms. The minimum atomic E-state index is -0.629. The van der Waals surface area contributed by atoms with Crippen LogP contribution in [0.3, 0.4) is 0 Å². The van der Waals surface area contributed by atoms with Crippen LogP contribution in [0, 0.1) is 15.9 Å². The van der Waals surface area contributed by atoms with Gasteiger partial charge in [-0.2, -0.15) is 0 Å². The molecule has 1 atom stereocenters. The van der Waals surface area contributed by atoms with Crippen LogP contribution in [0.15, 0.2) is 36.5 Å². The number of amides is 1. The summed E-state index contributed by atoms with van der Waals surface area (Å²) in [5.74, 6) is -0.606. The molecule has 1 saturated heterocycles. The Bertz CT molecular complexity index is 817. The summed E-state index contributed by atoms with van der Waals surface area (Å²) in [5.41, 5.74) is -0.0224. The van der Waals surface area contributed by atoms with Gasteiger partial charge in [0.1, 0.15) is 23.9 Å². The lowest BCUT2D eigenvalue weighted by molar-refractivity contribution is -0.385. The maximum Gasteiger partial charge on any atom is 0.289 e. The zero-order valence-electron chi connectivity index (χ0n) is 12.3. The van der Waals surface area contributed by atoms with Crippen LogP contribution in [-0.2, 0) is 4.79 Å². The number of hydrogen-bond acceptors (Lipinski definition) is 5. The van der Waals surface area contributed by atoms with Crippen molar-refractivity contribution in [2.24, 2.45) is 0 Å². The van der Waals surface area contributed by atoms with Crippen molar-refractivity contribution in [1.29, 1.82) is 0 Å². The van der Waals surface area contributed by atoms with Crippen LogP contribution in [0.5, 0.6) is 0 Å². The normalized spacial score (nSPS) is 17.2. The van der Waals surface area contributed by atoms with Gasteiger partial charge in [-0.25, -0.2) is 9.37 Å². The van der Waals surface area contributed by atoms with Gasteiger partial charge in [0, 0.05) is 12.6 Å². The van der Waals surface area contributed by atoms with E-state index < -0.39 is 16.8 Å². The molecule has 24 heavy (non-hydrogen) atoms. The second-order valence-electron chi connectivity index (χ2n) is 5.21. The van der Waals surface area contributed by atoms with Crippen LogP contribution in [0.25, 0.3) is 0 Å². The van der Waals surface area contributed by atoms with Gasteiger partial charge in [-0.15, -0.1) is 0 Å². The molecule has 1 amide bonds. The van der Waals surface area contributed by atoms with Crippen molar-refractivity contribution < 1.29 is 14.1 Å². The molecular weight excluding hydrogens is 339 g/mol. The third-order valence-electron chi connectivity index (χ3n) is 3.70. The summed E-state index contributed by atoms with van der Waals surface area (Å²) in [4.78, 5) is 27.8. The van der Waals surface area contributed by atoms with E-state index in [1.54, 1.807) is 12.1 Å². The molecule has 0 saturated carbocycles. The summed E-state index contributed by atoms with van der Waals surface area (Å²) in [6, 6.07) is 6.56. The molecule has 124 valence electrons. The van der Waals surface area contributed by atoms with Crippen molar-refractivity contribution in [2.45, 2.75) is 12.5 Å². The average molecular weight is 351 g/mol. The van der Waals surface area contributed by atoms with Gasteiger partial charge in [-0.05, 0) is 18.6 Å². The van der Waals surface area contributed by atoms with Crippen LogP contribution < -0.4 is 10.2 Å². The number of carbonyl (C=O) groups is 1. The van der Waals surface area contributed by atoms with Crippen molar-refractivity contribution >= 4 is 34.7 Å². The molecule has 9 heteroatoms. The maximum absolute atomic E-state index is 13.8. The summed E-state index contributed by atoms with van der Waals surface area (Å²) < 4.78 is 13.8. The fourth-order valence-corrected chi connectivity index (χ4v) is 2.74. The number of hydrogen-bond donors (Lipinski definition) is 1. The highest BCUT2D eigenvalue weighted by Gasteiger charge is 2.34. The molecule has 1 aromatic carbocycles. The standard InChI is InChI=1S/C15H12ClFN4O3/c16-10-7-9(21(23)24)8-18-14(10)19-12-5-6-20(15(12)22)13-4-2-1-3-11(13)17/h1-4,7-8,12H,5-6H2,(H,18,19). The summed E-state index contributed by atoms with van der Waals surface area (Å²) in [7, 11) is 0. The summed E-state index contributed by atoms with van der Waals surface area (Å²) >= 11 is 5.96. The Balaban J connectivity index is 1.77. The Labute approximate surface area is 141 Å². The number of nitrogens with zero attached hydrogens (tertiary/aromatic N) is 3. The lowest BCUT2D eigenvalue weighted by Crippen LogP contribution is -2.34. The predicted octanol–water partition coefficient (Wildman–Crippen LogP) is 3.00. The molecule has 1 aliphatic rings. The number of benzene rings is 1. The molecule has 1 N–H and O–H groups in total. The van der Waals surface area contributed by atoms with Crippen LogP contribution in [0.4, 0.5) is 21.6 Å². The second kappa shape index (κ2) is 6.40. The molecular formula is C15H12ClFN4O3. The van der Waals surface area contributed by atoms with Crippen LogP contribution in [0.1, 0.15) is 6.42 Å². The molecule has 0 radical (unpaired) electrons. The van der Waals surface area contributed by atoms with Gasteiger partial charge in [0.05, 0.1) is 15.6 Å². The van der Waals surface area contributed by atoms with E-state index in [-0.39, 0.29) is 28.1 Å². The zero-order valence-corrected chi connectivity index (χ0v) is 13.0. The second-order valence-corrected chi connectivity index (χ2v) is 5.62. The monoisotopic (exact) mass is 350 g/mol. The highest BCUT2D eigenvalue weighted by Crippen LogP contribution is 2.28. The molecule has 2 aromatic rings. The molecule has 0 aliphatic carbocycles. The molecule has 1 aromatic heterocycles. The van der Waals surface area contributed by atoms with Crippen molar-refractivity contribution in [3.63, 3.8) is 0 Å². The summed E-state index contributed by atoms with van der Waals surface area (Å²) in [5, 5.41) is 13.6. The molecule has 1 fully saturated rings. The first-order valence-electron chi connectivity index (χ1n) is 7.10. The Morgan fingerprint density at radius 2 is 2.17 bits per heavy atom. The predicted molar refractivity (Wildman–Crippen MR) is 86.7 cm³/mol. The molecule has 2 heterocycles. The number of aromatic nitrogens is 1. The Morgan fingerprint density at radius 1 is 1.42 bits per heavy atom. The first-order valence-corrected chi connectivity index (χ1v) is 7.47. The first-order chi connectivity index (χ1) is 11.5. The number of carbonyl (C=O) groups excluding carboxylic acids is 1. The van der Waals surface area contributed by atoms with Crippen molar-refractivity contribution in [2.75, 3.05) is 16.8 Å². The van der Waals surface area contributed by atoms with E-state index in [1.807, 2.05) is 0 Å². The van der Waals surface area contributed by atoms with Crippen LogP contribution in [0.2, 0.25) is 5.02 Å². The van der Waals surface area contributed by atoms with Crippen LogP contribution in [-0.4, -0.2) is 28.4 Å². The van der Waals surface area contributed by atoms with Gasteiger partial charge in [0.25, 0.3) is 5.69 Å². The molecule has 0 spiro atoms. The maximum atomic E-state index is 13.8. The average Bonchev–Trinajstić information content (AvgIpc) is 2.90. The highest BCUT2D eigenvalue weighted by atomic mass is 35.5. The third-order valence-corrected chi connectivity index (χ3v) is 3.99. The van der Waals surface area contributed by atoms with E-state index in [4.69, 9.17) is 11.6 Å². The molecule has 7 nitrogen and oxygen atoms in total. The quantitative estimate of drug-likeness (QED) is 0.676. The largest absolute Gasteiger partial charge is 0.357 e. The zero-order chi connectivity index (χ0) is 17.3. The number of halogens is 2. The summed E-state index contributed by atoms with van der Waals surface area (Å²) in [6.45, 7) is 0.349. The van der Waals surface area contributed by atoms with E-state index in [1.165, 1.54) is 17.0 Å². The number of pyridine rings is 1. The smallest absolute Gasteiger partial charge is 0.289 e. The van der Waals surface area contributed by atoms with E-state index >= 15 is 0 Å². The minimum Gasteiger partial charge on any atom is -0.357 e. The van der Waals surface area contributed by atoms with E-state index in [0.717, 1.165) is 12.3 Å². The van der Waals surface area contributed by atoms with E-state index in [2.05, 4.69) is 10.3 Å². The Morgan fingerprint density at radius 3 is 2.83 bits per heavy atom. The fourth-order valence-electron chi connectivity index (χ4n) is 2.52. The first kappa shape index (κ1) is 16.1. The number of nitrogens with one attached hydrogen (secondary N) is 1. The highest BCUT2D eigenvalue weighted by molar-refractivity contribution is 6.33. The Hall–Kier alpha value is -2.74. The van der Waals surface area contributed by atoms with E-state index in [0.29, 0.717) is 13.0 Å². The van der Waals surface area contributed by atoms with Gasteiger partial charge < -0.3 is 10.2 Å².